The molecule has 0 N–H and O–H groups in total. The first-order valence-corrected chi connectivity index (χ1v) is 10.8. The van der Waals surface area contributed by atoms with Crippen LogP contribution in [-0.2, 0) is 16.4 Å². The molecule has 3 rings (SSSR count). The third kappa shape index (κ3) is 5.11. The van der Waals surface area contributed by atoms with Gasteiger partial charge in [-0.25, -0.2) is 8.42 Å². The van der Waals surface area contributed by atoms with Crippen molar-refractivity contribution in [1.82, 2.24) is 0 Å². The Morgan fingerprint density at radius 1 is 1.06 bits per heavy atom. The van der Waals surface area contributed by atoms with Gasteiger partial charge in [0.1, 0.15) is 17.6 Å². The van der Waals surface area contributed by atoms with Gasteiger partial charge in [0.25, 0.3) is 5.69 Å². The van der Waals surface area contributed by atoms with Gasteiger partial charge in [0.05, 0.1) is 16.9 Å². The van der Waals surface area contributed by atoms with E-state index in [0.29, 0.717) is 17.1 Å². The summed E-state index contributed by atoms with van der Waals surface area (Å²) in [6, 6.07) is 20.2. The topological polar surface area (TPSA) is 120 Å². The fourth-order valence-electron chi connectivity index (χ4n) is 2.82. The van der Waals surface area contributed by atoms with E-state index >= 15 is 0 Å². The normalized spacial score (nSPS) is 11.4. The Hall–Kier alpha value is -4.16. The van der Waals surface area contributed by atoms with E-state index in [2.05, 4.69) is 0 Å². The van der Waals surface area contributed by atoms with Crippen LogP contribution in [0.25, 0.3) is 6.08 Å². The lowest BCUT2D eigenvalue weighted by atomic mass is 10.2. The Balaban J connectivity index is 1.82. The van der Waals surface area contributed by atoms with Crippen LogP contribution < -0.4 is 9.47 Å². The fraction of sp³-hybridized carbons (Fsp3) is 0.0870. The molecule has 0 fully saturated rings. The maximum absolute atomic E-state index is 12.7. The van der Waals surface area contributed by atoms with Crippen LogP contribution in [-0.4, -0.2) is 20.5 Å². The van der Waals surface area contributed by atoms with Gasteiger partial charge in [-0.15, -0.1) is 0 Å². The van der Waals surface area contributed by atoms with Crippen LogP contribution in [0, 0.1) is 21.4 Å². The third-order valence-corrected chi connectivity index (χ3v) is 6.16. The van der Waals surface area contributed by atoms with Gasteiger partial charge in [0, 0.05) is 12.1 Å². The van der Waals surface area contributed by atoms with Crippen molar-refractivity contribution in [3.05, 3.63) is 98.9 Å². The lowest BCUT2D eigenvalue weighted by molar-refractivity contribution is -0.384. The molecular formula is C23H18N2O6S. The van der Waals surface area contributed by atoms with E-state index < -0.39 is 19.7 Å². The molecule has 3 aromatic carbocycles. The molecule has 0 aliphatic heterocycles. The highest BCUT2D eigenvalue weighted by Crippen LogP contribution is 2.31. The van der Waals surface area contributed by atoms with Crippen LogP contribution in [0.1, 0.15) is 11.1 Å². The smallest absolute Gasteiger partial charge is 0.269 e. The molecule has 32 heavy (non-hydrogen) atoms. The molecule has 162 valence electrons. The summed E-state index contributed by atoms with van der Waals surface area (Å²) in [5, 5.41) is 20.2. The van der Waals surface area contributed by atoms with Crippen molar-refractivity contribution in [3.63, 3.8) is 0 Å². The molecule has 0 saturated carbocycles. The van der Waals surface area contributed by atoms with Crippen molar-refractivity contribution in [3.8, 4) is 17.6 Å². The summed E-state index contributed by atoms with van der Waals surface area (Å²) in [6.45, 7) is 0.148. The van der Waals surface area contributed by atoms with E-state index in [4.69, 9.17) is 9.47 Å². The van der Waals surface area contributed by atoms with Gasteiger partial charge in [0.15, 0.2) is 11.5 Å². The van der Waals surface area contributed by atoms with Crippen LogP contribution in [0.2, 0.25) is 0 Å². The van der Waals surface area contributed by atoms with Crippen molar-refractivity contribution in [2.24, 2.45) is 0 Å². The SMILES string of the molecule is COc1cc(/C=C(\C#N)S(=O)(=O)c2ccccc2)ccc1OCc1ccc([N+](=O)[O-])cc1. The maximum atomic E-state index is 12.7. The van der Waals surface area contributed by atoms with Crippen molar-refractivity contribution >= 4 is 21.6 Å². The lowest BCUT2D eigenvalue weighted by Crippen LogP contribution is -2.03. The zero-order valence-electron chi connectivity index (χ0n) is 17.0. The monoisotopic (exact) mass is 450 g/mol. The molecule has 9 heteroatoms. The molecule has 0 aromatic heterocycles. The number of nitrogens with zero attached hydrogens (tertiary/aromatic N) is 2. The summed E-state index contributed by atoms with van der Waals surface area (Å²) in [7, 11) is -2.52. The highest BCUT2D eigenvalue weighted by molar-refractivity contribution is 7.95. The van der Waals surface area contributed by atoms with Gasteiger partial charge in [-0.2, -0.15) is 5.26 Å². The second-order valence-electron chi connectivity index (χ2n) is 6.56. The number of sulfone groups is 1. The summed E-state index contributed by atoms with van der Waals surface area (Å²) in [4.78, 5) is 9.90. The minimum Gasteiger partial charge on any atom is -0.493 e. The average Bonchev–Trinajstić information content (AvgIpc) is 2.82. The number of methoxy groups -OCH3 is 1. The quantitative estimate of drug-likeness (QED) is 0.281. The number of non-ortho nitro benzene ring substituents is 1. The number of rotatable bonds is 8. The number of ether oxygens (including phenoxy) is 2. The molecule has 0 unspecified atom stereocenters. The van der Waals surface area contributed by atoms with E-state index in [1.165, 1.54) is 37.5 Å². The number of nitro groups is 1. The summed E-state index contributed by atoms with van der Waals surface area (Å²) >= 11 is 0. The Labute approximate surface area is 185 Å². The van der Waals surface area contributed by atoms with Crippen molar-refractivity contribution in [2.75, 3.05) is 7.11 Å². The molecule has 0 amide bonds. The number of benzene rings is 3. The van der Waals surface area contributed by atoms with Crippen LogP contribution in [0.4, 0.5) is 5.69 Å². The predicted molar refractivity (Wildman–Crippen MR) is 118 cm³/mol. The molecule has 0 atom stereocenters. The fourth-order valence-corrected chi connectivity index (χ4v) is 4.00. The first-order chi connectivity index (χ1) is 15.3. The van der Waals surface area contributed by atoms with Crippen LogP contribution in [0.15, 0.2) is 82.6 Å². The first-order valence-electron chi connectivity index (χ1n) is 9.31. The van der Waals surface area contributed by atoms with Crippen LogP contribution in [0.5, 0.6) is 11.5 Å². The van der Waals surface area contributed by atoms with E-state index in [1.807, 2.05) is 0 Å². The molecule has 0 heterocycles. The zero-order chi connectivity index (χ0) is 23.1. The number of nitro benzene ring substituents is 1. The summed E-state index contributed by atoms with van der Waals surface area (Å²) < 4.78 is 36.5. The molecule has 0 aliphatic carbocycles. The second-order valence-corrected chi connectivity index (χ2v) is 8.48. The van der Waals surface area contributed by atoms with Gasteiger partial charge in [-0.3, -0.25) is 10.1 Å². The average molecular weight is 450 g/mol. The van der Waals surface area contributed by atoms with Crippen molar-refractivity contribution < 1.29 is 22.8 Å². The van der Waals surface area contributed by atoms with Gasteiger partial charge in [-0.05, 0) is 53.6 Å². The molecule has 8 nitrogen and oxygen atoms in total. The predicted octanol–water partition coefficient (Wildman–Crippen LogP) is 4.52. The molecule has 0 radical (unpaired) electrons. The second kappa shape index (κ2) is 9.76. The highest BCUT2D eigenvalue weighted by Gasteiger charge is 2.20. The largest absolute Gasteiger partial charge is 0.493 e. The van der Waals surface area contributed by atoms with E-state index in [1.54, 1.807) is 54.6 Å². The van der Waals surface area contributed by atoms with Crippen LogP contribution >= 0.6 is 0 Å². The minimum absolute atomic E-state index is 0.0128. The van der Waals surface area contributed by atoms with E-state index in [9.17, 15) is 23.8 Å². The third-order valence-electron chi connectivity index (χ3n) is 4.48. The van der Waals surface area contributed by atoms with Gasteiger partial charge in [-0.1, -0.05) is 24.3 Å². The van der Waals surface area contributed by atoms with Gasteiger partial charge >= 0.3 is 0 Å². The number of hydrogen-bond donors (Lipinski definition) is 0. The molecule has 3 aromatic rings. The summed E-state index contributed by atoms with van der Waals surface area (Å²) in [5.41, 5.74) is 1.16. The number of nitriles is 1. The number of hydrogen-bond acceptors (Lipinski definition) is 7. The Morgan fingerprint density at radius 2 is 1.75 bits per heavy atom. The number of allylic oxidation sites excluding steroid dienone is 1. The lowest BCUT2D eigenvalue weighted by Gasteiger charge is -2.12. The van der Waals surface area contributed by atoms with E-state index in [0.717, 1.165) is 5.56 Å². The molecule has 0 aliphatic rings. The summed E-state index contributed by atoms with van der Waals surface area (Å²) in [5.74, 6) is 0.738. The summed E-state index contributed by atoms with van der Waals surface area (Å²) in [6.07, 6.45) is 1.27. The maximum Gasteiger partial charge on any atom is 0.269 e. The Kier molecular flexibility index (Phi) is 6.87. The molecule has 0 bridgehead atoms. The molecular weight excluding hydrogens is 432 g/mol. The first kappa shape index (κ1) is 22.5. The highest BCUT2D eigenvalue weighted by atomic mass is 32.2. The van der Waals surface area contributed by atoms with Crippen molar-refractivity contribution in [1.29, 1.82) is 5.26 Å². The van der Waals surface area contributed by atoms with Gasteiger partial charge in [0.2, 0.25) is 9.84 Å². The molecule has 0 saturated heterocycles. The van der Waals surface area contributed by atoms with E-state index in [-0.39, 0.29) is 17.2 Å². The standard InChI is InChI=1S/C23H18N2O6S/c1-30-23-14-18(13-21(15-24)32(28,29)20-5-3-2-4-6-20)9-12-22(23)31-16-17-7-10-19(11-8-17)25(26)27/h2-14H,16H2,1H3/b21-13+. The van der Waals surface area contributed by atoms with Crippen LogP contribution in [0.3, 0.4) is 0 Å². The zero-order valence-corrected chi connectivity index (χ0v) is 17.8. The van der Waals surface area contributed by atoms with Crippen molar-refractivity contribution in [2.45, 2.75) is 11.5 Å². The van der Waals surface area contributed by atoms with Gasteiger partial charge < -0.3 is 9.47 Å². The minimum atomic E-state index is -3.95. The molecule has 0 spiro atoms. The Morgan fingerprint density at radius 3 is 2.34 bits per heavy atom. The Bertz CT molecular complexity index is 1290.